The number of ether oxygens (including phenoxy) is 2. The van der Waals surface area contributed by atoms with Crippen molar-refractivity contribution in [3.05, 3.63) is 59.9 Å². The highest BCUT2D eigenvalue weighted by atomic mass is 19.1. The highest BCUT2D eigenvalue weighted by molar-refractivity contribution is 6.09. The first kappa shape index (κ1) is 18.5. The molecule has 0 bridgehead atoms. The molecule has 30 heavy (non-hydrogen) atoms. The molecule has 152 valence electrons. The van der Waals surface area contributed by atoms with Gasteiger partial charge in [-0.25, -0.2) is 19.2 Å². The van der Waals surface area contributed by atoms with Crippen LogP contribution in [0.15, 0.2) is 48.5 Å². The van der Waals surface area contributed by atoms with Crippen LogP contribution in [0.3, 0.4) is 0 Å². The number of rotatable bonds is 4. The molecule has 0 spiro atoms. The Morgan fingerprint density at radius 3 is 2.60 bits per heavy atom. The first-order valence-electron chi connectivity index (χ1n) is 9.73. The summed E-state index contributed by atoms with van der Waals surface area (Å²) in [6, 6.07) is 13.1. The van der Waals surface area contributed by atoms with Crippen LogP contribution in [-0.2, 0) is 9.47 Å². The molecule has 0 aliphatic carbocycles. The van der Waals surface area contributed by atoms with Crippen molar-refractivity contribution in [1.29, 1.82) is 0 Å². The second kappa shape index (κ2) is 7.38. The number of aromatic nitrogens is 3. The number of fused-ring (bicyclic) bond motifs is 2. The Hall–Kier alpha value is -3.52. The Balaban J connectivity index is 1.66. The summed E-state index contributed by atoms with van der Waals surface area (Å²) in [5, 5.41) is 0. The summed E-state index contributed by atoms with van der Waals surface area (Å²) < 4.78 is 26.1. The third kappa shape index (κ3) is 3.15. The van der Waals surface area contributed by atoms with Crippen molar-refractivity contribution in [3.8, 4) is 5.69 Å². The number of nitrogens with two attached hydrogens (primary N) is 1. The summed E-state index contributed by atoms with van der Waals surface area (Å²) in [6.07, 6.45) is 1.70. The normalized spacial score (nSPS) is 16.4. The number of nitrogen functional groups attached to an aromatic ring is 1. The lowest BCUT2D eigenvalue weighted by Gasteiger charge is -2.10. The number of hydrogen-bond donors (Lipinski definition) is 1. The summed E-state index contributed by atoms with van der Waals surface area (Å²) in [5.41, 5.74) is 9.14. The van der Waals surface area contributed by atoms with E-state index in [-0.39, 0.29) is 29.9 Å². The van der Waals surface area contributed by atoms with Gasteiger partial charge in [-0.3, -0.25) is 4.57 Å². The molecule has 1 saturated heterocycles. The van der Waals surface area contributed by atoms with Crippen molar-refractivity contribution in [1.82, 2.24) is 14.5 Å². The quantitative estimate of drug-likeness (QED) is 0.521. The predicted molar refractivity (Wildman–Crippen MR) is 110 cm³/mol. The molecule has 2 aromatic heterocycles. The van der Waals surface area contributed by atoms with Gasteiger partial charge in [0, 0.05) is 12.3 Å². The van der Waals surface area contributed by atoms with Gasteiger partial charge in [-0.2, -0.15) is 0 Å². The molecule has 0 saturated carbocycles. The summed E-state index contributed by atoms with van der Waals surface area (Å²) in [6.45, 7) is 0.828. The number of carbonyl (C=O) groups excluding carboxylic acids is 1. The largest absolute Gasteiger partial charge is 0.459 e. The van der Waals surface area contributed by atoms with Gasteiger partial charge in [-0.1, -0.05) is 12.1 Å². The van der Waals surface area contributed by atoms with E-state index in [1.54, 1.807) is 16.7 Å². The molecule has 3 heterocycles. The number of esters is 1. The zero-order chi connectivity index (χ0) is 20.7. The second-order valence-corrected chi connectivity index (χ2v) is 7.19. The van der Waals surface area contributed by atoms with Gasteiger partial charge < -0.3 is 15.2 Å². The summed E-state index contributed by atoms with van der Waals surface area (Å²) >= 11 is 0. The molecular formula is C22H19FN4O3. The SMILES string of the molecule is Nc1c(C(=O)OCC2CCCO2)c2nc3ccccc3nc2n1-c1ccc(F)cc1. The average Bonchev–Trinajstić information content (AvgIpc) is 3.37. The monoisotopic (exact) mass is 406 g/mol. The molecule has 1 aliphatic heterocycles. The fourth-order valence-electron chi connectivity index (χ4n) is 3.73. The minimum absolute atomic E-state index is 0.104. The van der Waals surface area contributed by atoms with E-state index in [2.05, 4.69) is 9.97 Å². The molecular weight excluding hydrogens is 387 g/mol. The molecule has 8 heteroatoms. The molecule has 4 aromatic rings. The molecule has 1 unspecified atom stereocenters. The first-order valence-corrected chi connectivity index (χ1v) is 9.73. The van der Waals surface area contributed by atoms with Crippen LogP contribution in [0.25, 0.3) is 27.9 Å². The van der Waals surface area contributed by atoms with Crippen molar-refractivity contribution in [3.63, 3.8) is 0 Å². The van der Waals surface area contributed by atoms with Gasteiger partial charge in [-0.15, -0.1) is 0 Å². The molecule has 0 radical (unpaired) electrons. The van der Waals surface area contributed by atoms with Crippen LogP contribution >= 0.6 is 0 Å². The maximum atomic E-state index is 13.5. The third-order valence-corrected chi connectivity index (χ3v) is 5.21. The maximum absolute atomic E-state index is 13.5. The molecule has 1 atom stereocenters. The van der Waals surface area contributed by atoms with Gasteiger partial charge in [0.2, 0.25) is 0 Å². The van der Waals surface area contributed by atoms with Gasteiger partial charge in [0.05, 0.1) is 17.1 Å². The van der Waals surface area contributed by atoms with Crippen LogP contribution in [0.1, 0.15) is 23.2 Å². The van der Waals surface area contributed by atoms with Crippen LogP contribution in [0, 0.1) is 5.82 Å². The lowest BCUT2D eigenvalue weighted by Crippen LogP contribution is -2.18. The van der Waals surface area contributed by atoms with E-state index in [0.717, 1.165) is 12.8 Å². The second-order valence-electron chi connectivity index (χ2n) is 7.19. The molecule has 0 amide bonds. The number of benzene rings is 2. The number of halogens is 1. The van der Waals surface area contributed by atoms with Crippen LogP contribution in [-0.4, -0.2) is 39.8 Å². The van der Waals surface area contributed by atoms with Gasteiger partial charge in [0.1, 0.15) is 29.3 Å². The number of nitrogens with zero attached hydrogens (tertiary/aromatic N) is 3. The van der Waals surface area contributed by atoms with Crippen molar-refractivity contribution in [2.75, 3.05) is 18.9 Å². The minimum atomic E-state index is -0.585. The van der Waals surface area contributed by atoms with Gasteiger partial charge in [-0.05, 0) is 49.2 Å². The van der Waals surface area contributed by atoms with Crippen LogP contribution in [0.5, 0.6) is 0 Å². The van der Waals surface area contributed by atoms with E-state index < -0.39 is 5.97 Å². The van der Waals surface area contributed by atoms with Crippen LogP contribution in [0.4, 0.5) is 10.2 Å². The van der Waals surface area contributed by atoms with Crippen molar-refractivity contribution >= 4 is 34.0 Å². The standard InChI is InChI=1S/C22H19FN4O3/c23-13-7-9-14(10-8-13)27-20(24)18(22(28)30-12-15-4-3-11-29-15)19-21(27)26-17-6-2-1-5-16(17)25-19/h1-2,5-10,15H,3-4,11-12,24H2. The van der Waals surface area contributed by atoms with Crippen molar-refractivity contribution < 1.29 is 18.7 Å². The summed E-state index contributed by atoms with van der Waals surface area (Å²) in [5.74, 6) is -0.816. The Morgan fingerprint density at radius 2 is 1.90 bits per heavy atom. The number of hydrogen-bond acceptors (Lipinski definition) is 6. The Morgan fingerprint density at radius 1 is 1.17 bits per heavy atom. The third-order valence-electron chi connectivity index (χ3n) is 5.21. The fraction of sp³-hybridized carbons (Fsp3) is 0.227. The molecule has 1 fully saturated rings. The lowest BCUT2D eigenvalue weighted by molar-refractivity contribution is 0.0163. The van der Waals surface area contributed by atoms with E-state index in [0.29, 0.717) is 34.5 Å². The van der Waals surface area contributed by atoms with E-state index in [4.69, 9.17) is 15.2 Å². The zero-order valence-corrected chi connectivity index (χ0v) is 16.0. The highest BCUT2D eigenvalue weighted by Crippen LogP contribution is 2.31. The van der Waals surface area contributed by atoms with Gasteiger partial charge in [0.25, 0.3) is 0 Å². The van der Waals surface area contributed by atoms with E-state index in [1.165, 1.54) is 12.1 Å². The predicted octanol–water partition coefficient (Wildman–Crippen LogP) is 3.63. The highest BCUT2D eigenvalue weighted by Gasteiger charge is 2.27. The van der Waals surface area contributed by atoms with Gasteiger partial charge >= 0.3 is 5.97 Å². The fourth-order valence-corrected chi connectivity index (χ4v) is 3.73. The molecule has 2 N–H and O–H groups in total. The molecule has 5 rings (SSSR count). The molecule has 7 nitrogen and oxygen atoms in total. The number of carbonyl (C=O) groups is 1. The molecule has 1 aliphatic rings. The maximum Gasteiger partial charge on any atom is 0.344 e. The Kier molecular flexibility index (Phi) is 4.55. The van der Waals surface area contributed by atoms with Crippen molar-refractivity contribution in [2.24, 2.45) is 0 Å². The summed E-state index contributed by atoms with van der Waals surface area (Å²) in [7, 11) is 0. The van der Waals surface area contributed by atoms with E-state index in [9.17, 15) is 9.18 Å². The van der Waals surface area contributed by atoms with E-state index in [1.807, 2.05) is 24.3 Å². The average molecular weight is 406 g/mol. The zero-order valence-electron chi connectivity index (χ0n) is 16.0. The van der Waals surface area contributed by atoms with Crippen LogP contribution in [0.2, 0.25) is 0 Å². The molecule has 2 aromatic carbocycles. The number of para-hydroxylation sites is 2. The Labute approximate surface area is 171 Å². The van der Waals surface area contributed by atoms with Crippen LogP contribution < -0.4 is 5.73 Å². The van der Waals surface area contributed by atoms with Gasteiger partial charge in [0.15, 0.2) is 5.65 Å². The minimum Gasteiger partial charge on any atom is -0.459 e. The number of anilines is 1. The topological polar surface area (TPSA) is 92.3 Å². The smallest absolute Gasteiger partial charge is 0.344 e. The summed E-state index contributed by atoms with van der Waals surface area (Å²) in [4.78, 5) is 22.3. The van der Waals surface area contributed by atoms with Crippen molar-refractivity contribution in [2.45, 2.75) is 18.9 Å². The Bertz CT molecular complexity index is 1250. The lowest BCUT2D eigenvalue weighted by atomic mass is 10.2. The van der Waals surface area contributed by atoms with E-state index >= 15 is 0 Å². The first-order chi connectivity index (χ1) is 14.6.